The molecule has 1 unspecified atom stereocenters. The van der Waals surface area contributed by atoms with Crippen LogP contribution in [0.25, 0.3) is 0 Å². The van der Waals surface area contributed by atoms with E-state index in [-0.39, 0.29) is 74.6 Å². The number of benzene rings is 3. The van der Waals surface area contributed by atoms with E-state index < -0.39 is 59.3 Å². The summed E-state index contributed by atoms with van der Waals surface area (Å²) in [5.41, 5.74) is 2.64. The summed E-state index contributed by atoms with van der Waals surface area (Å²) in [5.74, 6) is -1.85. The Hall–Kier alpha value is -5.68. The average molecular weight is 967 g/mol. The topological polar surface area (TPSA) is 200 Å². The number of likely N-dealkylation sites (tertiary alicyclic amines) is 2. The van der Waals surface area contributed by atoms with Gasteiger partial charge in [-0.1, -0.05) is 126 Å². The van der Waals surface area contributed by atoms with Crippen molar-refractivity contribution in [1.82, 2.24) is 41.7 Å². The molecule has 2 aliphatic rings. The fraction of sp³-hybridized carbons (Fsp3) is 0.556. The van der Waals surface area contributed by atoms with Crippen LogP contribution >= 0.6 is 0 Å². The molecule has 70 heavy (non-hydrogen) atoms. The number of carbonyl (C=O) groups is 6. The molecule has 382 valence electrons. The van der Waals surface area contributed by atoms with Crippen molar-refractivity contribution < 1.29 is 38.2 Å². The van der Waals surface area contributed by atoms with Crippen molar-refractivity contribution in [3.8, 4) is 0 Å². The predicted molar refractivity (Wildman–Crippen MR) is 270 cm³/mol. The van der Waals surface area contributed by atoms with Gasteiger partial charge >= 0.3 is 0 Å². The lowest BCUT2D eigenvalue weighted by Gasteiger charge is -2.36. The summed E-state index contributed by atoms with van der Waals surface area (Å²) in [6, 6.07) is 23.1. The zero-order valence-corrected chi connectivity index (χ0v) is 42.9. The number of nitrogens with zero attached hydrogens (tertiary/aromatic N) is 2. The molecule has 2 aliphatic heterocycles. The third-order valence-electron chi connectivity index (χ3n) is 13.3. The summed E-state index contributed by atoms with van der Waals surface area (Å²) >= 11 is 0. The molecule has 2 heterocycles. The third kappa shape index (κ3) is 15.7. The van der Waals surface area contributed by atoms with Crippen LogP contribution in [0, 0.1) is 10.8 Å². The van der Waals surface area contributed by atoms with Crippen LogP contribution in [-0.2, 0) is 64.3 Å². The van der Waals surface area contributed by atoms with Crippen LogP contribution in [0.15, 0.2) is 84.9 Å². The number of hydrogen-bond acceptors (Lipinski definition) is 10. The number of ether oxygens (including phenoxy) is 2. The molecule has 0 aliphatic carbocycles. The van der Waals surface area contributed by atoms with Crippen molar-refractivity contribution >= 4 is 35.4 Å². The first-order valence-corrected chi connectivity index (χ1v) is 24.7. The predicted octanol–water partition coefficient (Wildman–Crippen LogP) is 3.65. The third-order valence-corrected chi connectivity index (χ3v) is 13.3. The molecule has 6 amide bonds. The Morgan fingerprint density at radius 3 is 1.20 bits per heavy atom. The minimum absolute atomic E-state index is 0.177. The Labute approximate surface area is 415 Å². The van der Waals surface area contributed by atoms with Gasteiger partial charge in [0.2, 0.25) is 35.4 Å². The van der Waals surface area contributed by atoms with E-state index in [9.17, 15) is 28.8 Å². The first kappa shape index (κ1) is 55.2. The molecule has 3 aromatic rings. The standard InChI is InChI=1S/C54H78N8O8/c1-35(55-9)47(63)59-45(53(3,4)5)51(67)61-31-41(29-43(61)49(65)57-27-25-37-17-13-11-14-18-37)69-33-39-21-23-40(24-22-39)34-70-42-30-44(50(66)58-28-26-38-19-15-12-16-20-38)62(32-42)52(68)46(54(6,7)8)60-48(64)36(2)56-10/h11-24,35-36,41-46,55-56H,25-34H2,1-10H3,(H,57,65)(H,58,66)(H,59,63)(H,60,64)/t35-,36-,41-,42-,43-,44-,45+,46?/m0/s1. The van der Waals surface area contributed by atoms with Crippen LogP contribution in [-0.4, -0.2) is 134 Å². The first-order chi connectivity index (χ1) is 33.2. The van der Waals surface area contributed by atoms with Crippen LogP contribution < -0.4 is 31.9 Å². The second-order valence-corrected chi connectivity index (χ2v) is 20.9. The number of nitrogens with one attached hydrogen (secondary N) is 6. The molecule has 2 fully saturated rings. The number of likely N-dealkylation sites (N-methyl/N-ethyl adjacent to an activating group) is 2. The fourth-order valence-corrected chi connectivity index (χ4v) is 8.59. The molecular formula is C54H78N8O8. The molecule has 0 bridgehead atoms. The highest BCUT2D eigenvalue weighted by atomic mass is 16.5. The van der Waals surface area contributed by atoms with Crippen LogP contribution in [0.4, 0.5) is 0 Å². The smallest absolute Gasteiger partial charge is 0.246 e. The molecule has 2 saturated heterocycles. The van der Waals surface area contributed by atoms with E-state index >= 15 is 0 Å². The Balaban J connectivity index is 1.23. The lowest BCUT2D eigenvalue weighted by Crippen LogP contribution is -2.59. The molecule has 0 saturated carbocycles. The minimum Gasteiger partial charge on any atom is -0.372 e. The van der Waals surface area contributed by atoms with Gasteiger partial charge in [0.05, 0.1) is 37.5 Å². The second-order valence-electron chi connectivity index (χ2n) is 20.9. The Morgan fingerprint density at radius 1 is 0.543 bits per heavy atom. The highest BCUT2D eigenvalue weighted by molar-refractivity contribution is 5.95. The van der Waals surface area contributed by atoms with E-state index in [1.54, 1.807) is 37.7 Å². The molecule has 16 heteroatoms. The fourth-order valence-electron chi connectivity index (χ4n) is 8.59. The Kier molecular flexibility index (Phi) is 20.1. The Bertz CT molecular complexity index is 2040. The van der Waals surface area contributed by atoms with E-state index in [2.05, 4.69) is 31.9 Å². The molecular weight excluding hydrogens is 889 g/mol. The average Bonchev–Trinajstić information content (AvgIpc) is 3.98. The lowest BCUT2D eigenvalue weighted by atomic mass is 9.85. The largest absolute Gasteiger partial charge is 0.372 e. The highest BCUT2D eigenvalue weighted by Crippen LogP contribution is 2.30. The van der Waals surface area contributed by atoms with Crippen molar-refractivity contribution in [3.63, 3.8) is 0 Å². The summed E-state index contributed by atoms with van der Waals surface area (Å²) in [4.78, 5) is 85.6. The molecule has 0 aromatic heterocycles. The van der Waals surface area contributed by atoms with Gasteiger partial charge in [0, 0.05) is 39.0 Å². The molecule has 8 atom stereocenters. The number of carbonyl (C=O) groups excluding carboxylic acids is 6. The number of amides is 6. The Morgan fingerprint density at radius 2 is 0.886 bits per heavy atom. The van der Waals surface area contributed by atoms with Crippen molar-refractivity contribution in [2.45, 2.75) is 143 Å². The number of hydrogen-bond donors (Lipinski definition) is 6. The van der Waals surface area contributed by atoms with Crippen LogP contribution in [0.1, 0.15) is 90.5 Å². The quantitative estimate of drug-likeness (QED) is 0.0865. The van der Waals surface area contributed by atoms with Crippen molar-refractivity contribution in [3.05, 3.63) is 107 Å². The molecule has 16 nitrogen and oxygen atoms in total. The van der Waals surface area contributed by atoms with Gasteiger partial charge in [0.25, 0.3) is 0 Å². The van der Waals surface area contributed by atoms with Gasteiger partial charge in [-0.05, 0) is 73.9 Å². The SMILES string of the molecule is CN[C@@H](C)C(=O)NC(C(=O)N1C[C@@H](OCc2ccc(CO[C@H]3C[C@@H](C(=O)NCCc4ccccc4)N(C(=O)[C@@H](NC(=O)[C@H](C)NC)C(C)(C)C)C3)cc2)C[C@H]1C(=O)NCCc1ccccc1)C(C)(C)C. The van der Waals surface area contributed by atoms with Gasteiger partial charge in [0.15, 0.2) is 0 Å². The zero-order valence-electron chi connectivity index (χ0n) is 42.9. The van der Waals surface area contributed by atoms with Gasteiger partial charge in [0.1, 0.15) is 24.2 Å². The van der Waals surface area contributed by atoms with E-state index in [1.165, 1.54) is 0 Å². The summed E-state index contributed by atoms with van der Waals surface area (Å²) in [5, 5.41) is 17.8. The van der Waals surface area contributed by atoms with Crippen LogP contribution in [0.2, 0.25) is 0 Å². The van der Waals surface area contributed by atoms with E-state index in [4.69, 9.17) is 9.47 Å². The summed E-state index contributed by atoms with van der Waals surface area (Å²) in [6.45, 7) is 16.4. The van der Waals surface area contributed by atoms with Crippen molar-refractivity contribution in [1.29, 1.82) is 0 Å². The summed E-state index contributed by atoms with van der Waals surface area (Å²) in [7, 11) is 3.36. The van der Waals surface area contributed by atoms with Gasteiger partial charge in [-0.15, -0.1) is 0 Å². The van der Waals surface area contributed by atoms with E-state index in [0.717, 1.165) is 22.3 Å². The normalized spacial score (nSPS) is 20.0. The molecule has 0 spiro atoms. The molecule has 3 aromatic carbocycles. The molecule has 6 N–H and O–H groups in total. The van der Waals surface area contributed by atoms with Crippen LogP contribution in [0.5, 0.6) is 0 Å². The lowest BCUT2D eigenvalue weighted by molar-refractivity contribution is -0.144. The number of rotatable bonds is 22. The van der Waals surface area contributed by atoms with Crippen molar-refractivity contribution in [2.24, 2.45) is 10.8 Å². The first-order valence-electron chi connectivity index (χ1n) is 24.7. The van der Waals surface area contributed by atoms with Gasteiger partial charge in [-0.2, -0.15) is 0 Å². The summed E-state index contributed by atoms with van der Waals surface area (Å²) < 4.78 is 12.8. The maximum Gasteiger partial charge on any atom is 0.246 e. The monoisotopic (exact) mass is 967 g/mol. The van der Waals surface area contributed by atoms with Gasteiger partial charge in [-0.25, -0.2) is 0 Å². The van der Waals surface area contributed by atoms with E-state index in [1.807, 2.05) is 126 Å². The summed E-state index contributed by atoms with van der Waals surface area (Å²) in [6.07, 6.45) is 0.962. The highest BCUT2D eigenvalue weighted by Gasteiger charge is 2.47. The molecule has 5 rings (SSSR count). The van der Waals surface area contributed by atoms with Crippen molar-refractivity contribution in [2.75, 3.05) is 40.3 Å². The second kappa shape index (κ2) is 25.4. The maximum absolute atomic E-state index is 14.4. The van der Waals surface area contributed by atoms with Crippen LogP contribution in [0.3, 0.4) is 0 Å². The zero-order chi connectivity index (χ0) is 51.2. The molecule has 0 radical (unpaired) electrons. The van der Waals surface area contributed by atoms with E-state index in [0.29, 0.717) is 25.9 Å². The maximum atomic E-state index is 14.4. The minimum atomic E-state index is -0.884. The van der Waals surface area contributed by atoms with Gasteiger partial charge in [-0.3, -0.25) is 28.8 Å². The van der Waals surface area contributed by atoms with Gasteiger partial charge < -0.3 is 51.2 Å².